The third-order valence-corrected chi connectivity index (χ3v) is 9.66. The van der Waals surface area contributed by atoms with Gasteiger partial charge in [0.05, 0.1) is 0 Å². The molecule has 2 aliphatic rings. The van der Waals surface area contributed by atoms with Crippen LogP contribution in [0, 0.1) is 37.4 Å². The van der Waals surface area contributed by atoms with Gasteiger partial charge in [-0.3, -0.25) is 4.90 Å². The van der Waals surface area contributed by atoms with E-state index in [0.717, 1.165) is 72.0 Å². The normalized spacial score (nSPS) is 17.3. The van der Waals surface area contributed by atoms with Crippen molar-refractivity contribution in [3.63, 3.8) is 0 Å². The number of anilines is 1. The first kappa shape index (κ1) is 35.5. The topological polar surface area (TPSA) is 6.48 Å². The van der Waals surface area contributed by atoms with Gasteiger partial charge in [0.2, 0.25) is 5.92 Å². The van der Waals surface area contributed by atoms with Crippen molar-refractivity contribution in [1.82, 2.24) is 4.90 Å². The highest BCUT2D eigenvalue weighted by atomic mass is 19.3. The predicted molar refractivity (Wildman–Crippen MR) is 189 cm³/mol. The number of hydrogen-bond acceptors (Lipinski definition) is 2. The number of benzene rings is 3. The Bertz CT molecular complexity index is 1470. The molecular formula is C41H53F3N2. The summed E-state index contributed by atoms with van der Waals surface area (Å²) in [5, 5.41) is 0. The highest BCUT2D eigenvalue weighted by Gasteiger charge is 2.46. The van der Waals surface area contributed by atoms with Crippen molar-refractivity contribution in [2.75, 3.05) is 24.5 Å². The smallest absolute Gasteiger partial charge is 0.248 e. The summed E-state index contributed by atoms with van der Waals surface area (Å²) in [5.74, 6) is -1.53. The number of allylic oxidation sites excluding steroid dienone is 2. The molecule has 46 heavy (non-hydrogen) atoms. The molecule has 0 spiro atoms. The molecule has 5 heteroatoms. The highest BCUT2D eigenvalue weighted by molar-refractivity contribution is 5.81. The fourth-order valence-corrected chi connectivity index (χ4v) is 6.57. The van der Waals surface area contributed by atoms with Gasteiger partial charge in [-0.25, -0.2) is 13.2 Å². The summed E-state index contributed by atoms with van der Waals surface area (Å²) in [6.45, 7) is 20.8. The zero-order chi connectivity index (χ0) is 33.4. The molecule has 0 radical (unpaired) electrons. The zero-order valence-corrected chi connectivity index (χ0v) is 28.8. The molecule has 2 nitrogen and oxygen atoms in total. The molecule has 0 amide bonds. The molecule has 1 saturated carbocycles. The summed E-state index contributed by atoms with van der Waals surface area (Å²) < 4.78 is 41.1. The molecule has 0 atom stereocenters. The van der Waals surface area contributed by atoms with Crippen LogP contribution in [-0.2, 0) is 6.54 Å². The lowest BCUT2D eigenvalue weighted by Gasteiger charge is -2.42. The van der Waals surface area contributed by atoms with Crippen LogP contribution in [-0.4, -0.2) is 30.5 Å². The fourth-order valence-electron chi connectivity index (χ4n) is 6.57. The van der Waals surface area contributed by atoms with Crippen LogP contribution in [0.15, 0.2) is 85.1 Å². The van der Waals surface area contributed by atoms with Gasteiger partial charge in [0.25, 0.3) is 0 Å². The van der Waals surface area contributed by atoms with Gasteiger partial charge in [0.1, 0.15) is 5.82 Å². The summed E-state index contributed by atoms with van der Waals surface area (Å²) >= 11 is 0. The maximum Gasteiger partial charge on any atom is 0.248 e. The lowest BCUT2D eigenvalue weighted by Crippen LogP contribution is -2.44. The van der Waals surface area contributed by atoms with E-state index in [1.54, 1.807) is 12.1 Å². The standard InChI is InChI=1S/C36H41F3N2.C5H12/c1-5-33(31-10-8-11-32(37)20-31)34-14-13-28(19-26(34)3)23-40-17-15-30(16-18-40)27(4)41(24-29-21-36(38,39)22-29)35-12-7-6-9-25(35)2;1-4-5(2)3/h5-14,19-20,29-30H,4,15-18,21-24H2,1-3H3;5H,4H2,1-3H3/b33-5-;. The Labute approximate surface area is 276 Å². The Morgan fingerprint density at radius 1 is 0.978 bits per heavy atom. The van der Waals surface area contributed by atoms with Crippen molar-refractivity contribution >= 4 is 11.3 Å². The van der Waals surface area contributed by atoms with Gasteiger partial charge >= 0.3 is 0 Å². The maximum absolute atomic E-state index is 13.9. The minimum atomic E-state index is -2.51. The minimum Gasteiger partial charge on any atom is -0.345 e. The molecule has 1 aliphatic carbocycles. The van der Waals surface area contributed by atoms with Gasteiger partial charge in [-0.2, -0.15) is 0 Å². The van der Waals surface area contributed by atoms with Gasteiger partial charge in [-0.15, -0.1) is 0 Å². The number of para-hydroxylation sites is 1. The third kappa shape index (κ3) is 9.37. The average molecular weight is 631 g/mol. The Morgan fingerprint density at radius 2 is 1.65 bits per heavy atom. The number of rotatable bonds is 10. The van der Waals surface area contributed by atoms with E-state index in [2.05, 4.69) is 81.3 Å². The zero-order valence-electron chi connectivity index (χ0n) is 28.8. The van der Waals surface area contributed by atoms with Crippen molar-refractivity contribution in [2.45, 2.75) is 86.1 Å². The Morgan fingerprint density at radius 3 is 2.22 bits per heavy atom. The van der Waals surface area contributed by atoms with E-state index in [0.29, 0.717) is 12.5 Å². The second kappa shape index (κ2) is 16.0. The van der Waals surface area contributed by atoms with E-state index in [1.807, 2.05) is 31.2 Å². The summed E-state index contributed by atoms with van der Waals surface area (Å²) in [5.41, 5.74) is 8.79. The van der Waals surface area contributed by atoms with Crippen molar-refractivity contribution in [2.24, 2.45) is 17.8 Å². The molecule has 1 saturated heterocycles. The van der Waals surface area contributed by atoms with Gasteiger partial charge in [-0.1, -0.05) is 88.4 Å². The molecule has 0 N–H and O–H groups in total. The molecule has 5 rings (SSSR count). The first-order valence-corrected chi connectivity index (χ1v) is 17.0. The van der Waals surface area contributed by atoms with Crippen LogP contribution in [0.2, 0.25) is 0 Å². The van der Waals surface area contributed by atoms with Crippen LogP contribution < -0.4 is 4.90 Å². The van der Waals surface area contributed by atoms with Crippen LogP contribution in [0.3, 0.4) is 0 Å². The number of hydrogen-bond donors (Lipinski definition) is 0. The van der Waals surface area contributed by atoms with E-state index in [1.165, 1.54) is 23.6 Å². The van der Waals surface area contributed by atoms with Crippen molar-refractivity contribution < 1.29 is 13.2 Å². The second-order valence-electron chi connectivity index (χ2n) is 13.7. The van der Waals surface area contributed by atoms with Crippen LogP contribution in [0.1, 0.15) is 87.6 Å². The van der Waals surface area contributed by atoms with Gasteiger partial charge in [-0.05, 0) is 110 Å². The molecule has 0 bridgehead atoms. The number of halogens is 3. The molecule has 2 fully saturated rings. The maximum atomic E-state index is 13.9. The van der Waals surface area contributed by atoms with E-state index in [4.69, 9.17) is 0 Å². The number of piperidine rings is 1. The van der Waals surface area contributed by atoms with E-state index in [-0.39, 0.29) is 24.6 Å². The summed E-state index contributed by atoms with van der Waals surface area (Å²) in [7, 11) is 0. The molecule has 248 valence electrons. The summed E-state index contributed by atoms with van der Waals surface area (Å²) in [6, 6.07) is 21.6. The second-order valence-corrected chi connectivity index (χ2v) is 13.7. The Kier molecular flexibility index (Phi) is 12.4. The van der Waals surface area contributed by atoms with Crippen LogP contribution in [0.4, 0.5) is 18.9 Å². The lowest BCUT2D eigenvalue weighted by atomic mass is 9.80. The third-order valence-electron chi connectivity index (χ3n) is 9.66. The first-order chi connectivity index (χ1) is 21.9. The monoisotopic (exact) mass is 630 g/mol. The molecule has 1 heterocycles. The van der Waals surface area contributed by atoms with Gasteiger partial charge in [0.15, 0.2) is 0 Å². The van der Waals surface area contributed by atoms with Crippen molar-refractivity contribution in [3.05, 3.63) is 119 Å². The highest BCUT2D eigenvalue weighted by Crippen LogP contribution is 2.44. The quantitative estimate of drug-likeness (QED) is 0.220. The van der Waals surface area contributed by atoms with Crippen LogP contribution in [0.25, 0.3) is 5.57 Å². The number of aryl methyl sites for hydroxylation is 2. The van der Waals surface area contributed by atoms with Gasteiger partial charge < -0.3 is 4.90 Å². The molecule has 3 aromatic rings. The lowest BCUT2D eigenvalue weighted by molar-refractivity contribution is -0.107. The van der Waals surface area contributed by atoms with E-state index in [9.17, 15) is 13.2 Å². The van der Waals surface area contributed by atoms with Crippen LogP contribution >= 0.6 is 0 Å². The molecular weight excluding hydrogens is 577 g/mol. The predicted octanol–water partition coefficient (Wildman–Crippen LogP) is 11.2. The molecule has 0 unspecified atom stereocenters. The molecule has 0 aromatic heterocycles. The van der Waals surface area contributed by atoms with Gasteiger partial charge in [0, 0.05) is 43.2 Å². The van der Waals surface area contributed by atoms with Crippen LogP contribution in [0.5, 0.6) is 0 Å². The molecule has 1 aliphatic heterocycles. The number of likely N-dealkylation sites (tertiary alicyclic amines) is 1. The van der Waals surface area contributed by atoms with Crippen molar-refractivity contribution in [3.8, 4) is 0 Å². The largest absolute Gasteiger partial charge is 0.345 e. The average Bonchev–Trinajstić information content (AvgIpc) is 3.01. The summed E-state index contributed by atoms with van der Waals surface area (Å²) in [6.07, 6.45) is 5.29. The summed E-state index contributed by atoms with van der Waals surface area (Å²) in [4.78, 5) is 4.72. The van der Waals surface area contributed by atoms with E-state index < -0.39 is 5.92 Å². The Hall–Kier alpha value is -3.31. The Balaban J connectivity index is 0.000000892. The fraction of sp³-hybridized carbons (Fsp3) is 0.463. The first-order valence-electron chi connectivity index (χ1n) is 17.0. The SMILES string of the molecule is C=C(C1CCN(Cc2ccc(/C(=C\C)c3cccc(F)c3)c(C)c2)CC1)N(CC1CC(F)(F)C1)c1ccccc1C.CCC(C)C. The minimum absolute atomic E-state index is 0.00311. The molecule has 3 aromatic carbocycles. The number of nitrogens with zero attached hydrogens (tertiary/aromatic N) is 2. The van der Waals surface area contributed by atoms with E-state index >= 15 is 0 Å². The number of alkyl halides is 2. The van der Waals surface area contributed by atoms with Crippen molar-refractivity contribution in [1.29, 1.82) is 0 Å².